The Balaban J connectivity index is 1.72. The van der Waals surface area contributed by atoms with Gasteiger partial charge in [-0.3, -0.25) is 9.59 Å². The first-order chi connectivity index (χ1) is 10.1. The van der Waals surface area contributed by atoms with Crippen LogP contribution >= 0.6 is 0 Å². The van der Waals surface area contributed by atoms with Gasteiger partial charge in [0.05, 0.1) is 19.4 Å². The molecule has 21 heavy (non-hydrogen) atoms. The van der Waals surface area contributed by atoms with Gasteiger partial charge in [-0.15, -0.1) is 0 Å². The minimum absolute atomic E-state index is 0.125. The fourth-order valence-electron chi connectivity index (χ4n) is 1.52. The number of pyridine rings is 1. The van der Waals surface area contributed by atoms with Gasteiger partial charge in [-0.25, -0.2) is 4.79 Å². The molecule has 0 aromatic carbocycles. The Morgan fingerprint density at radius 2 is 2.05 bits per heavy atom. The topological polar surface area (TPSA) is 116 Å². The van der Waals surface area contributed by atoms with Crippen molar-refractivity contribution in [3.8, 4) is 0 Å². The van der Waals surface area contributed by atoms with Crippen LogP contribution in [0.4, 0.5) is 10.5 Å². The number of hydrogen-bond acceptors (Lipinski definition) is 4. The number of rotatable bonds is 5. The molecule has 0 bridgehead atoms. The van der Waals surface area contributed by atoms with Gasteiger partial charge < -0.3 is 25.4 Å². The van der Waals surface area contributed by atoms with Gasteiger partial charge >= 0.3 is 6.03 Å². The van der Waals surface area contributed by atoms with Crippen LogP contribution in [-0.4, -0.2) is 23.5 Å². The number of anilines is 1. The van der Waals surface area contributed by atoms with Crippen LogP contribution in [0.1, 0.15) is 5.76 Å². The van der Waals surface area contributed by atoms with E-state index < -0.39 is 17.5 Å². The van der Waals surface area contributed by atoms with Crippen LogP contribution in [0.5, 0.6) is 0 Å². The van der Waals surface area contributed by atoms with Crippen molar-refractivity contribution in [1.29, 1.82) is 0 Å². The molecule has 0 unspecified atom stereocenters. The molecule has 2 heterocycles. The lowest BCUT2D eigenvalue weighted by Gasteiger charge is -2.07. The first kappa shape index (κ1) is 14.4. The maximum atomic E-state index is 11.6. The minimum Gasteiger partial charge on any atom is -0.467 e. The Labute approximate surface area is 119 Å². The number of amides is 3. The first-order valence-corrected chi connectivity index (χ1v) is 6.17. The second-order valence-corrected chi connectivity index (χ2v) is 4.08. The quantitative estimate of drug-likeness (QED) is 0.638. The molecular formula is C13H14N4O4. The number of aromatic amines is 1. The third-order valence-corrected chi connectivity index (χ3v) is 2.51. The lowest BCUT2D eigenvalue weighted by atomic mass is 10.4. The summed E-state index contributed by atoms with van der Waals surface area (Å²) in [5.41, 5.74) is -0.284. The molecule has 2 aromatic heterocycles. The molecule has 4 N–H and O–H groups in total. The van der Waals surface area contributed by atoms with Crippen LogP contribution in [0.3, 0.4) is 0 Å². The van der Waals surface area contributed by atoms with Gasteiger partial charge in [-0.2, -0.15) is 0 Å². The predicted octanol–water partition coefficient (Wildman–Crippen LogP) is 0.406. The summed E-state index contributed by atoms with van der Waals surface area (Å²) in [5, 5.41) is 7.28. The first-order valence-electron chi connectivity index (χ1n) is 6.17. The van der Waals surface area contributed by atoms with E-state index in [4.69, 9.17) is 4.42 Å². The number of aromatic nitrogens is 1. The normalized spacial score (nSPS) is 9.90. The van der Waals surface area contributed by atoms with Crippen LogP contribution in [0, 0.1) is 0 Å². The van der Waals surface area contributed by atoms with Crippen molar-refractivity contribution in [1.82, 2.24) is 15.6 Å². The molecular weight excluding hydrogens is 276 g/mol. The van der Waals surface area contributed by atoms with Gasteiger partial charge in [0.2, 0.25) is 5.91 Å². The molecule has 2 rings (SSSR count). The fraction of sp³-hybridized carbons (Fsp3) is 0.154. The van der Waals surface area contributed by atoms with Gasteiger partial charge in [0.15, 0.2) is 0 Å². The molecule has 110 valence electrons. The van der Waals surface area contributed by atoms with Crippen LogP contribution in [0.2, 0.25) is 0 Å². The SMILES string of the molecule is O=C(CNC(=O)NCc1ccco1)Nc1ccc[nH]c1=O. The monoisotopic (exact) mass is 290 g/mol. The maximum Gasteiger partial charge on any atom is 0.315 e. The predicted molar refractivity (Wildman–Crippen MR) is 74.6 cm³/mol. The summed E-state index contributed by atoms with van der Waals surface area (Å²) in [7, 11) is 0. The Morgan fingerprint density at radius 1 is 1.19 bits per heavy atom. The molecule has 0 aliphatic heterocycles. The molecule has 0 spiro atoms. The third kappa shape index (κ3) is 4.53. The van der Waals surface area contributed by atoms with E-state index in [0.717, 1.165) is 0 Å². The number of H-pyrrole nitrogens is 1. The van der Waals surface area contributed by atoms with E-state index in [0.29, 0.717) is 5.76 Å². The zero-order valence-electron chi connectivity index (χ0n) is 11.0. The molecule has 0 radical (unpaired) electrons. The van der Waals surface area contributed by atoms with Crippen LogP contribution < -0.4 is 21.5 Å². The van der Waals surface area contributed by atoms with Crippen molar-refractivity contribution in [2.45, 2.75) is 6.54 Å². The van der Waals surface area contributed by atoms with Gasteiger partial charge in [-0.05, 0) is 24.3 Å². The van der Waals surface area contributed by atoms with E-state index in [1.807, 2.05) is 0 Å². The molecule has 3 amide bonds. The van der Waals surface area contributed by atoms with Crippen LogP contribution in [0.25, 0.3) is 0 Å². The number of hydrogen-bond donors (Lipinski definition) is 4. The molecule has 0 saturated carbocycles. The van der Waals surface area contributed by atoms with E-state index in [2.05, 4.69) is 20.9 Å². The number of furan rings is 1. The average molecular weight is 290 g/mol. The third-order valence-electron chi connectivity index (χ3n) is 2.51. The zero-order chi connectivity index (χ0) is 15.1. The number of carbonyl (C=O) groups is 2. The summed E-state index contributed by atoms with van der Waals surface area (Å²) < 4.78 is 5.04. The van der Waals surface area contributed by atoms with E-state index >= 15 is 0 Å². The Hall–Kier alpha value is -3.03. The molecule has 0 atom stereocenters. The second-order valence-electron chi connectivity index (χ2n) is 4.08. The van der Waals surface area contributed by atoms with Crippen molar-refractivity contribution in [3.05, 3.63) is 52.8 Å². The largest absolute Gasteiger partial charge is 0.467 e. The van der Waals surface area contributed by atoms with Gasteiger partial charge in [0.25, 0.3) is 5.56 Å². The average Bonchev–Trinajstić information content (AvgIpc) is 2.99. The lowest BCUT2D eigenvalue weighted by molar-refractivity contribution is -0.115. The number of carbonyl (C=O) groups excluding carboxylic acids is 2. The van der Waals surface area contributed by atoms with Crippen LogP contribution in [0.15, 0.2) is 45.9 Å². The highest BCUT2D eigenvalue weighted by Crippen LogP contribution is 1.98. The maximum absolute atomic E-state index is 11.6. The van der Waals surface area contributed by atoms with Crippen LogP contribution in [-0.2, 0) is 11.3 Å². The number of urea groups is 1. The van der Waals surface area contributed by atoms with Crippen molar-refractivity contribution in [3.63, 3.8) is 0 Å². The molecule has 0 fully saturated rings. The Bertz CT molecular complexity index is 663. The van der Waals surface area contributed by atoms with Gasteiger partial charge in [0, 0.05) is 6.20 Å². The summed E-state index contributed by atoms with van der Waals surface area (Å²) in [5.74, 6) is 0.102. The summed E-state index contributed by atoms with van der Waals surface area (Å²) in [6, 6.07) is 5.96. The Morgan fingerprint density at radius 3 is 2.76 bits per heavy atom. The summed E-state index contributed by atoms with van der Waals surface area (Å²) in [6.45, 7) is -0.0306. The van der Waals surface area contributed by atoms with E-state index in [1.54, 1.807) is 18.2 Å². The van der Waals surface area contributed by atoms with E-state index in [1.165, 1.54) is 18.5 Å². The fourth-order valence-corrected chi connectivity index (χ4v) is 1.52. The minimum atomic E-state index is -0.511. The smallest absolute Gasteiger partial charge is 0.315 e. The van der Waals surface area contributed by atoms with Crippen molar-refractivity contribution in [2.75, 3.05) is 11.9 Å². The molecule has 8 heteroatoms. The van der Waals surface area contributed by atoms with E-state index in [-0.39, 0.29) is 18.8 Å². The molecule has 2 aromatic rings. The van der Waals surface area contributed by atoms with Crippen molar-refractivity contribution in [2.24, 2.45) is 0 Å². The molecule has 8 nitrogen and oxygen atoms in total. The second kappa shape index (κ2) is 6.94. The van der Waals surface area contributed by atoms with Crippen molar-refractivity contribution >= 4 is 17.6 Å². The van der Waals surface area contributed by atoms with Gasteiger partial charge in [0.1, 0.15) is 11.4 Å². The van der Waals surface area contributed by atoms with Crippen molar-refractivity contribution < 1.29 is 14.0 Å². The highest BCUT2D eigenvalue weighted by molar-refractivity contribution is 5.94. The van der Waals surface area contributed by atoms with Gasteiger partial charge in [-0.1, -0.05) is 0 Å². The molecule has 0 aliphatic rings. The number of nitrogens with one attached hydrogen (secondary N) is 4. The Kier molecular flexibility index (Phi) is 4.75. The summed E-state index contributed by atoms with van der Waals surface area (Å²) >= 11 is 0. The molecule has 0 saturated heterocycles. The highest BCUT2D eigenvalue weighted by atomic mass is 16.3. The van der Waals surface area contributed by atoms with E-state index in [9.17, 15) is 14.4 Å². The highest BCUT2D eigenvalue weighted by Gasteiger charge is 2.07. The molecule has 0 aliphatic carbocycles. The lowest BCUT2D eigenvalue weighted by Crippen LogP contribution is -2.40. The zero-order valence-corrected chi connectivity index (χ0v) is 11.0. The summed E-state index contributed by atoms with van der Waals surface area (Å²) in [4.78, 5) is 36.8. The standard InChI is InChI=1S/C13H14N4O4/c18-11(17-10-4-1-5-14-12(10)19)8-16-13(20)15-7-9-3-2-6-21-9/h1-6H,7-8H2,(H,14,19)(H,17,18)(H2,15,16,20). The summed E-state index contributed by atoms with van der Waals surface area (Å²) in [6.07, 6.45) is 2.96.